The van der Waals surface area contributed by atoms with Crippen LogP contribution in [0.15, 0.2) is 57.9 Å². The van der Waals surface area contributed by atoms with Crippen molar-refractivity contribution in [3.05, 3.63) is 58.6 Å². The summed E-state index contributed by atoms with van der Waals surface area (Å²) in [6.07, 6.45) is 0. The fraction of sp³-hybridized carbons (Fsp3) is 0.235. The molecule has 24 heavy (non-hydrogen) atoms. The van der Waals surface area contributed by atoms with Crippen LogP contribution < -0.4 is 4.90 Å². The van der Waals surface area contributed by atoms with E-state index < -0.39 is 10.0 Å². The summed E-state index contributed by atoms with van der Waals surface area (Å²) in [6.45, 7) is 2.35. The van der Waals surface area contributed by atoms with Gasteiger partial charge in [0.05, 0.1) is 10.5 Å². The van der Waals surface area contributed by atoms with Gasteiger partial charge in [-0.15, -0.1) is 0 Å². The number of hydrogen-bond donors (Lipinski definition) is 0. The lowest BCUT2D eigenvalue weighted by molar-refractivity contribution is 0.0987. The summed E-state index contributed by atoms with van der Waals surface area (Å²) in [7, 11) is -0.686. The lowest BCUT2D eigenvalue weighted by atomic mass is 10.2. The minimum Gasteiger partial charge on any atom is -0.309 e. The number of carbonyl (C=O) groups is 1. The molecule has 0 saturated heterocycles. The molecule has 0 saturated carbocycles. The average Bonchev–Trinajstić information content (AvgIpc) is 2.56. The maximum atomic E-state index is 12.9. The molecule has 5 nitrogen and oxygen atoms in total. The number of hydrogen-bond acceptors (Lipinski definition) is 3. The van der Waals surface area contributed by atoms with Crippen molar-refractivity contribution >= 4 is 37.5 Å². The highest BCUT2D eigenvalue weighted by atomic mass is 79.9. The lowest BCUT2D eigenvalue weighted by Gasteiger charge is -2.22. The van der Waals surface area contributed by atoms with Gasteiger partial charge in [0.1, 0.15) is 0 Å². The molecule has 0 radical (unpaired) electrons. The van der Waals surface area contributed by atoms with Crippen LogP contribution in [0.5, 0.6) is 0 Å². The Hall–Kier alpha value is -1.70. The van der Waals surface area contributed by atoms with Crippen LogP contribution in [0.25, 0.3) is 0 Å². The minimum absolute atomic E-state index is 0.0863. The van der Waals surface area contributed by atoms with Crippen molar-refractivity contribution in [2.45, 2.75) is 11.8 Å². The van der Waals surface area contributed by atoms with Crippen LogP contribution >= 0.6 is 15.9 Å². The van der Waals surface area contributed by atoms with Crippen LogP contribution in [0.4, 0.5) is 5.69 Å². The molecule has 0 fully saturated rings. The number of nitrogens with zero attached hydrogens (tertiary/aromatic N) is 2. The van der Waals surface area contributed by atoms with Gasteiger partial charge in [0.2, 0.25) is 10.0 Å². The van der Waals surface area contributed by atoms with Gasteiger partial charge in [0.15, 0.2) is 0 Å². The SMILES string of the molecule is CCN(C(=O)c1cc(S(=O)(=O)N(C)C)ccc1Br)c1ccccc1. The molecule has 0 N–H and O–H groups in total. The predicted octanol–water partition coefficient (Wildman–Crippen LogP) is 3.37. The molecule has 7 heteroatoms. The zero-order chi connectivity index (χ0) is 17.9. The van der Waals surface area contributed by atoms with E-state index in [4.69, 9.17) is 0 Å². The third kappa shape index (κ3) is 3.68. The maximum absolute atomic E-state index is 12.9. The van der Waals surface area contributed by atoms with Crippen molar-refractivity contribution < 1.29 is 13.2 Å². The molecule has 128 valence electrons. The Morgan fingerprint density at radius 2 is 1.71 bits per heavy atom. The van der Waals surface area contributed by atoms with Crippen LogP contribution in [-0.4, -0.2) is 39.3 Å². The second kappa shape index (κ2) is 7.46. The van der Waals surface area contributed by atoms with E-state index in [9.17, 15) is 13.2 Å². The van der Waals surface area contributed by atoms with Gasteiger partial charge in [-0.05, 0) is 53.2 Å². The van der Waals surface area contributed by atoms with E-state index >= 15 is 0 Å². The molecule has 0 atom stereocenters. The molecule has 2 rings (SSSR count). The molecule has 0 aliphatic carbocycles. The van der Waals surface area contributed by atoms with Crippen LogP contribution in [-0.2, 0) is 10.0 Å². The summed E-state index contributed by atoms with van der Waals surface area (Å²) >= 11 is 3.35. The summed E-state index contributed by atoms with van der Waals surface area (Å²) in [5.74, 6) is -0.258. The summed E-state index contributed by atoms with van der Waals surface area (Å²) in [6, 6.07) is 13.7. The first-order valence-corrected chi connectivity index (χ1v) is 9.61. The van der Waals surface area contributed by atoms with E-state index in [1.807, 2.05) is 37.3 Å². The average molecular weight is 411 g/mol. The highest BCUT2D eigenvalue weighted by Gasteiger charge is 2.23. The largest absolute Gasteiger partial charge is 0.309 e. The fourth-order valence-electron chi connectivity index (χ4n) is 2.24. The maximum Gasteiger partial charge on any atom is 0.259 e. The van der Waals surface area contributed by atoms with Crippen LogP contribution in [0.1, 0.15) is 17.3 Å². The van der Waals surface area contributed by atoms with Crippen molar-refractivity contribution in [2.75, 3.05) is 25.5 Å². The first-order valence-electron chi connectivity index (χ1n) is 7.38. The molecule has 0 aromatic heterocycles. The van der Waals surface area contributed by atoms with Gasteiger partial charge in [-0.3, -0.25) is 4.79 Å². The molecular formula is C17H19BrN2O3S. The third-order valence-electron chi connectivity index (χ3n) is 3.58. The standard InChI is InChI=1S/C17H19BrN2O3S/c1-4-20(13-8-6-5-7-9-13)17(21)15-12-14(10-11-16(15)18)24(22,23)19(2)3/h5-12H,4H2,1-3H3. The number of anilines is 1. The number of sulfonamides is 1. The zero-order valence-corrected chi connectivity index (χ0v) is 16.1. The first-order chi connectivity index (χ1) is 11.3. The first kappa shape index (κ1) is 18.6. The Morgan fingerprint density at radius 1 is 1.08 bits per heavy atom. The molecule has 0 aliphatic heterocycles. The second-order valence-corrected chi connectivity index (χ2v) is 8.32. The fourth-order valence-corrected chi connectivity index (χ4v) is 3.58. The van der Waals surface area contributed by atoms with Gasteiger partial charge in [-0.2, -0.15) is 0 Å². The number of amides is 1. The third-order valence-corrected chi connectivity index (χ3v) is 6.08. The molecular weight excluding hydrogens is 392 g/mol. The molecule has 1 amide bonds. The zero-order valence-electron chi connectivity index (χ0n) is 13.7. The number of benzene rings is 2. The number of halogens is 1. The van der Waals surface area contributed by atoms with Gasteiger partial charge < -0.3 is 4.90 Å². The summed E-state index contributed by atoms with van der Waals surface area (Å²) in [5.41, 5.74) is 1.07. The predicted molar refractivity (Wildman–Crippen MR) is 98.8 cm³/mol. The van der Waals surface area contributed by atoms with Gasteiger partial charge in [-0.25, -0.2) is 12.7 Å². The normalized spacial score (nSPS) is 11.5. The Morgan fingerprint density at radius 3 is 2.25 bits per heavy atom. The summed E-state index contributed by atoms with van der Waals surface area (Å²) in [4.78, 5) is 14.6. The van der Waals surface area contributed by atoms with Crippen molar-refractivity contribution in [3.8, 4) is 0 Å². The Kier molecular flexibility index (Phi) is 5.79. The molecule has 0 aliphatic rings. The summed E-state index contributed by atoms with van der Waals surface area (Å²) < 4.78 is 26.3. The van der Waals surface area contributed by atoms with E-state index in [1.165, 1.54) is 26.2 Å². The smallest absolute Gasteiger partial charge is 0.259 e. The van der Waals surface area contributed by atoms with Crippen molar-refractivity contribution in [2.24, 2.45) is 0 Å². The van der Waals surface area contributed by atoms with E-state index in [1.54, 1.807) is 11.0 Å². The van der Waals surface area contributed by atoms with Crippen LogP contribution in [0.3, 0.4) is 0 Å². The second-order valence-electron chi connectivity index (χ2n) is 5.31. The molecule has 0 heterocycles. The van der Waals surface area contributed by atoms with Crippen molar-refractivity contribution in [1.82, 2.24) is 4.31 Å². The number of rotatable bonds is 5. The molecule has 0 bridgehead atoms. The quantitative estimate of drug-likeness (QED) is 0.758. The minimum atomic E-state index is -3.60. The molecule has 2 aromatic rings. The van der Waals surface area contributed by atoms with Gasteiger partial charge >= 0.3 is 0 Å². The summed E-state index contributed by atoms with van der Waals surface area (Å²) in [5, 5.41) is 0. The van der Waals surface area contributed by atoms with Crippen molar-refractivity contribution in [3.63, 3.8) is 0 Å². The van der Waals surface area contributed by atoms with Gasteiger partial charge in [0, 0.05) is 30.8 Å². The molecule has 0 spiro atoms. The van der Waals surface area contributed by atoms with Crippen LogP contribution in [0, 0.1) is 0 Å². The van der Waals surface area contributed by atoms with E-state index in [0.29, 0.717) is 16.6 Å². The van der Waals surface area contributed by atoms with Gasteiger partial charge in [0.25, 0.3) is 5.91 Å². The Bertz CT molecular complexity index is 836. The Labute approximate surface area is 151 Å². The lowest BCUT2D eigenvalue weighted by Crippen LogP contribution is -2.31. The Balaban J connectivity index is 2.49. The van der Waals surface area contributed by atoms with E-state index in [-0.39, 0.29) is 10.8 Å². The van der Waals surface area contributed by atoms with E-state index in [0.717, 1.165) is 9.99 Å². The topological polar surface area (TPSA) is 57.7 Å². The van der Waals surface area contributed by atoms with E-state index in [2.05, 4.69) is 15.9 Å². The highest BCUT2D eigenvalue weighted by molar-refractivity contribution is 9.10. The molecule has 2 aromatic carbocycles. The van der Waals surface area contributed by atoms with Crippen LogP contribution in [0.2, 0.25) is 0 Å². The molecule has 0 unspecified atom stereocenters. The van der Waals surface area contributed by atoms with Gasteiger partial charge in [-0.1, -0.05) is 18.2 Å². The monoisotopic (exact) mass is 410 g/mol. The number of para-hydroxylation sites is 1. The highest BCUT2D eigenvalue weighted by Crippen LogP contribution is 2.25. The van der Waals surface area contributed by atoms with Crippen molar-refractivity contribution in [1.29, 1.82) is 0 Å². The number of carbonyl (C=O) groups excluding carboxylic acids is 1.